The summed E-state index contributed by atoms with van der Waals surface area (Å²) in [5.74, 6) is -0.838. The number of hydrogen-bond acceptors (Lipinski definition) is 3. The Hall–Kier alpha value is -2.44. The predicted molar refractivity (Wildman–Crippen MR) is 115 cm³/mol. The molecule has 1 atom stereocenters. The Kier molecular flexibility index (Phi) is 6.65. The zero-order chi connectivity index (χ0) is 20.1. The van der Waals surface area contributed by atoms with Gasteiger partial charge < -0.3 is 10.8 Å². The standard InChI is InChI=1S/C15H14O2S.C7H6BrNO/c16-15(17)14-9-18-8-13(14)12-6-5-10-3-1-2-4-11(10)7-12;8-6-3-1-5(2-4-6)7(9)10/h1-4,8-9,12H,5-7H2,(H,16,17);1-4H,(H2,9,10). The maximum absolute atomic E-state index is 11.2. The van der Waals surface area contributed by atoms with Crippen LogP contribution in [0, 0.1) is 0 Å². The average molecular weight is 458 g/mol. The van der Waals surface area contributed by atoms with E-state index in [1.165, 1.54) is 22.5 Å². The lowest BCUT2D eigenvalue weighted by Crippen LogP contribution is -2.14. The molecule has 0 saturated carbocycles. The van der Waals surface area contributed by atoms with E-state index in [9.17, 15) is 14.7 Å². The van der Waals surface area contributed by atoms with E-state index in [2.05, 4.69) is 40.2 Å². The summed E-state index contributed by atoms with van der Waals surface area (Å²) in [4.78, 5) is 21.7. The van der Waals surface area contributed by atoms with Crippen LogP contribution in [0.1, 0.15) is 49.7 Å². The number of thiophene rings is 1. The number of primary amides is 1. The third-order valence-electron chi connectivity index (χ3n) is 4.84. The summed E-state index contributed by atoms with van der Waals surface area (Å²) in [5, 5.41) is 12.9. The molecule has 1 aliphatic rings. The van der Waals surface area contributed by atoms with Gasteiger partial charge in [0.05, 0.1) is 5.56 Å². The third kappa shape index (κ3) is 4.88. The van der Waals surface area contributed by atoms with Crippen molar-refractivity contribution >= 4 is 39.1 Å². The van der Waals surface area contributed by atoms with Crippen LogP contribution in [0.15, 0.2) is 63.8 Å². The number of carbonyl (C=O) groups is 2. The number of halogens is 1. The fourth-order valence-corrected chi connectivity index (χ4v) is 4.55. The van der Waals surface area contributed by atoms with Crippen LogP contribution in [0.25, 0.3) is 0 Å². The van der Waals surface area contributed by atoms with E-state index < -0.39 is 11.9 Å². The molecule has 1 aromatic heterocycles. The topological polar surface area (TPSA) is 80.4 Å². The molecule has 0 bridgehead atoms. The van der Waals surface area contributed by atoms with Gasteiger partial charge in [-0.3, -0.25) is 4.79 Å². The molecule has 144 valence electrons. The Morgan fingerprint density at radius 1 is 1.04 bits per heavy atom. The maximum Gasteiger partial charge on any atom is 0.336 e. The van der Waals surface area contributed by atoms with E-state index in [1.807, 2.05) is 5.38 Å². The first-order valence-electron chi connectivity index (χ1n) is 8.87. The van der Waals surface area contributed by atoms with Gasteiger partial charge in [0.25, 0.3) is 0 Å². The maximum atomic E-state index is 11.2. The molecule has 6 heteroatoms. The first-order valence-corrected chi connectivity index (χ1v) is 10.6. The summed E-state index contributed by atoms with van der Waals surface area (Å²) >= 11 is 4.73. The quantitative estimate of drug-likeness (QED) is 0.562. The van der Waals surface area contributed by atoms with Crippen molar-refractivity contribution < 1.29 is 14.7 Å². The van der Waals surface area contributed by atoms with Crippen LogP contribution in [0.2, 0.25) is 0 Å². The largest absolute Gasteiger partial charge is 0.478 e. The Labute approximate surface area is 176 Å². The number of carboxylic acid groups (broad SMARTS) is 1. The summed E-state index contributed by atoms with van der Waals surface area (Å²) in [7, 11) is 0. The Morgan fingerprint density at radius 3 is 2.36 bits per heavy atom. The lowest BCUT2D eigenvalue weighted by Gasteiger charge is -2.24. The molecule has 0 saturated heterocycles. The molecule has 1 amide bonds. The zero-order valence-electron chi connectivity index (χ0n) is 15.1. The van der Waals surface area contributed by atoms with Crippen molar-refractivity contribution in [3.8, 4) is 0 Å². The van der Waals surface area contributed by atoms with Crippen LogP contribution in [0.5, 0.6) is 0 Å². The van der Waals surface area contributed by atoms with Crippen molar-refractivity contribution in [3.63, 3.8) is 0 Å². The van der Waals surface area contributed by atoms with Crippen molar-refractivity contribution in [3.05, 3.63) is 91.6 Å². The molecule has 0 spiro atoms. The smallest absolute Gasteiger partial charge is 0.336 e. The number of aromatic carboxylic acids is 1. The van der Waals surface area contributed by atoms with E-state index in [0.717, 1.165) is 29.3 Å². The molecule has 1 aliphatic carbocycles. The Bertz CT molecular complexity index is 981. The normalized spacial score (nSPS) is 15.1. The Balaban J connectivity index is 0.000000192. The van der Waals surface area contributed by atoms with Gasteiger partial charge in [-0.2, -0.15) is 11.3 Å². The summed E-state index contributed by atoms with van der Waals surface area (Å²) < 4.78 is 0.942. The van der Waals surface area contributed by atoms with E-state index in [4.69, 9.17) is 5.73 Å². The zero-order valence-corrected chi connectivity index (χ0v) is 17.5. The monoisotopic (exact) mass is 457 g/mol. The molecular weight excluding hydrogens is 438 g/mol. The summed E-state index contributed by atoms with van der Waals surface area (Å²) in [5.41, 5.74) is 9.84. The molecule has 28 heavy (non-hydrogen) atoms. The number of carboxylic acids is 1. The second-order valence-electron chi connectivity index (χ2n) is 6.63. The number of aryl methyl sites for hydroxylation is 1. The number of nitrogens with two attached hydrogens (primary N) is 1. The SMILES string of the molecule is NC(=O)c1ccc(Br)cc1.O=C(O)c1cscc1C1CCc2ccccc2C1. The lowest BCUT2D eigenvalue weighted by atomic mass is 9.80. The number of carbonyl (C=O) groups excluding carboxylic acids is 1. The highest BCUT2D eigenvalue weighted by molar-refractivity contribution is 9.10. The average Bonchev–Trinajstić information content (AvgIpc) is 3.19. The van der Waals surface area contributed by atoms with Crippen LogP contribution in [0.3, 0.4) is 0 Å². The van der Waals surface area contributed by atoms with E-state index in [-0.39, 0.29) is 0 Å². The second-order valence-corrected chi connectivity index (χ2v) is 8.28. The first-order chi connectivity index (χ1) is 13.5. The van der Waals surface area contributed by atoms with Gasteiger partial charge in [-0.1, -0.05) is 40.2 Å². The number of rotatable bonds is 3. The minimum Gasteiger partial charge on any atom is -0.478 e. The van der Waals surface area contributed by atoms with Crippen molar-refractivity contribution in [2.45, 2.75) is 25.2 Å². The fourth-order valence-electron chi connectivity index (χ4n) is 3.37. The van der Waals surface area contributed by atoms with E-state index >= 15 is 0 Å². The van der Waals surface area contributed by atoms with Crippen LogP contribution in [-0.2, 0) is 12.8 Å². The number of hydrogen-bond donors (Lipinski definition) is 2. The van der Waals surface area contributed by atoms with Crippen molar-refractivity contribution in [2.24, 2.45) is 5.73 Å². The predicted octanol–water partition coefficient (Wildman–Crippen LogP) is 5.27. The van der Waals surface area contributed by atoms with Crippen molar-refractivity contribution in [1.29, 1.82) is 0 Å². The summed E-state index contributed by atoms with van der Waals surface area (Å²) in [6, 6.07) is 15.4. The van der Waals surface area contributed by atoms with Crippen LogP contribution >= 0.6 is 27.3 Å². The van der Waals surface area contributed by atoms with Crippen LogP contribution in [0.4, 0.5) is 0 Å². The number of fused-ring (bicyclic) bond motifs is 1. The summed E-state index contributed by atoms with van der Waals surface area (Å²) in [6.07, 6.45) is 3.07. The Morgan fingerprint density at radius 2 is 1.71 bits per heavy atom. The van der Waals surface area contributed by atoms with Gasteiger partial charge in [0.1, 0.15) is 0 Å². The first kappa shape index (κ1) is 20.3. The molecule has 1 unspecified atom stereocenters. The van der Waals surface area contributed by atoms with Gasteiger partial charge >= 0.3 is 5.97 Å². The van der Waals surface area contributed by atoms with Gasteiger partial charge in [0, 0.05) is 15.4 Å². The van der Waals surface area contributed by atoms with Gasteiger partial charge in [0.15, 0.2) is 0 Å². The van der Waals surface area contributed by atoms with Crippen molar-refractivity contribution in [2.75, 3.05) is 0 Å². The lowest BCUT2D eigenvalue weighted by molar-refractivity contribution is 0.0695. The molecule has 4 rings (SSSR count). The van der Waals surface area contributed by atoms with Gasteiger partial charge in [-0.25, -0.2) is 4.79 Å². The molecule has 3 N–H and O–H groups in total. The summed E-state index contributed by atoms with van der Waals surface area (Å²) in [6.45, 7) is 0. The molecular formula is C22H20BrNO3S. The highest BCUT2D eigenvalue weighted by atomic mass is 79.9. The minimum absolute atomic E-state index is 0.359. The van der Waals surface area contributed by atoms with Crippen LogP contribution in [-0.4, -0.2) is 17.0 Å². The number of benzene rings is 2. The van der Waals surface area contributed by atoms with Gasteiger partial charge in [-0.15, -0.1) is 0 Å². The molecule has 0 radical (unpaired) electrons. The molecule has 0 fully saturated rings. The molecule has 0 aliphatic heterocycles. The second kappa shape index (κ2) is 9.17. The van der Waals surface area contributed by atoms with Gasteiger partial charge in [-0.05, 0) is 71.5 Å². The molecule has 1 heterocycles. The third-order valence-corrected chi connectivity index (χ3v) is 6.13. The van der Waals surface area contributed by atoms with Gasteiger partial charge in [0.2, 0.25) is 5.91 Å². The van der Waals surface area contributed by atoms with Crippen molar-refractivity contribution in [1.82, 2.24) is 0 Å². The minimum atomic E-state index is -0.801. The van der Waals surface area contributed by atoms with Crippen LogP contribution < -0.4 is 5.73 Å². The highest BCUT2D eigenvalue weighted by Gasteiger charge is 2.24. The van der Waals surface area contributed by atoms with E-state index in [1.54, 1.807) is 29.6 Å². The van der Waals surface area contributed by atoms with E-state index in [0.29, 0.717) is 17.0 Å². The highest BCUT2D eigenvalue weighted by Crippen LogP contribution is 2.35. The number of amides is 1. The molecule has 3 aromatic rings. The molecule has 4 nitrogen and oxygen atoms in total. The fraction of sp³-hybridized carbons (Fsp3) is 0.182. The molecule has 2 aromatic carbocycles.